The van der Waals surface area contributed by atoms with Crippen molar-refractivity contribution in [3.63, 3.8) is 0 Å². The Bertz CT molecular complexity index is 402. The van der Waals surface area contributed by atoms with Crippen LogP contribution in [0.1, 0.15) is 25.6 Å². The van der Waals surface area contributed by atoms with Gasteiger partial charge < -0.3 is 4.55 Å². The van der Waals surface area contributed by atoms with E-state index in [4.69, 9.17) is 13.0 Å². The van der Waals surface area contributed by atoms with Gasteiger partial charge in [-0.2, -0.15) is 0 Å². The van der Waals surface area contributed by atoms with Gasteiger partial charge in [-0.25, -0.2) is 17.6 Å². The molecule has 5 nitrogen and oxygen atoms in total. The number of hydrogen-bond acceptors (Lipinski definition) is 3. The van der Waals surface area contributed by atoms with Crippen molar-refractivity contribution >= 4 is 10.1 Å². The molecule has 0 atom stereocenters. The number of unbranched alkanes of at least 4 members (excludes halogenated alkanes) is 1. The van der Waals surface area contributed by atoms with Gasteiger partial charge in [-0.05, 0) is 6.42 Å². The van der Waals surface area contributed by atoms with Crippen LogP contribution in [-0.4, -0.2) is 23.8 Å². The molecule has 0 amide bonds. The van der Waals surface area contributed by atoms with E-state index in [-0.39, 0.29) is 0 Å². The number of imidazole rings is 1. The first kappa shape index (κ1) is 15.1. The molecule has 1 heterocycles. The summed E-state index contributed by atoms with van der Waals surface area (Å²) in [4.78, 5) is 0. The average Bonchev–Trinajstić information content (AvgIpc) is 2.42. The van der Waals surface area contributed by atoms with E-state index in [1.54, 1.807) is 0 Å². The van der Waals surface area contributed by atoms with E-state index in [1.807, 2.05) is 0 Å². The molecule has 0 unspecified atom stereocenters. The number of rotatable bonds is 3. The molecular weight excluding hydrogens is 228 g/mol. The van der Waals surface area contributed by atoms with E-state index in [2.05, 4.69) is 42.4 Å². The van der Waals surface area contributed by atoms with E-state index >= 15 is 0 Å². The zero-order valence-corrected chi connectivity index (χ0v) is 11.1. The van der Waals surface area contributed by atoms with Gasteiger partial charge in [-0.15, -0.1) is 0 Å². The second-order valence-electron chi connectivity index (χ2n) is 3.71. The molecule has 0 saturated heterocycles. The fraction of sp³-hybridized carbons (Fsp3) is 0.700. The maximum absolute atomic E-state index is 9.08. The molecule has 0 aromatic carbocycles. The van der Waals surface area contributed by atoms with Gasteiger partial charge in [0, 0.05) is 13.2 Å². The molecule has 0 bridgehead atoms. The van der Waals surface area contributed by atoms with Crippen molar-refractivity contribution in [2.75, 3.05) is 6.26 Å². The van der Waals surface area contributed by atoms with Crippen molar-refractivity contribution in [1.29, 1.82) is 0 Å². The molecule has 1 aromatic heterocycles. The van der Waals surface area contributed by atoms with Gasteiger partial charge in [0.25, 0.3) is 5.82 Å². The van der Waals surface area contributed by atoms with Gasteiger partial charge >= 0.3 is 0 Å². The van der Waals surface area contributed by atoms with Crippen LogP contribution in [0, 0.1) is 6.92 Å². The fourth-order valence-electron chi connectivity index (χ4n) is 1.16. The van der Waals surface area contributed by atoms with Crippen LogP contribution in [0.5, 0.6) is 0 Å². The summed E-state index contributed by atoms with van der Waals surface area (Å²) in [5, 5.41) is 0. The van der Waals surface area contributed by atoms with Crippen LogP contribution in [-0.2, 0) is 23.7 Å². The average molecular weight is 248 g/mol. The molecule has 1 rings (SSSR count). The summed E-state index contributed by atoms with van der Waals surface area (Å²) in [6.45, 7) is 5.53. The highest BCUT2D eigenvalue weighted by atomic mass is 32.2. The monoisotopic (exact) mass is 248 g/mol. The quantitative estimate of drug-likeness (QED) is 0.580. The summed E-state index contributed by atoms with van der Waals surface area (Å²) < 4.78 is 31.7. The third-order valence-corrected chi connectivity index (χ3v) is 2.15. The normalized spacial score (nSPS) is 10.8. The Labute approximate surface area is 97.5 Å². The van der Waals surface area contributed by atoms with Crippen LogP contribution in [0.2, 0.25) is 0 Å². The van der Waals surface area contributed by atoms with E-state index in [9.17, 15) is 0 Å². The van der Waals surface area contributed by atoms with Crippen LogP contribution in [0.4, 0.5) is 0 Å². The highest BCUT2D eigenvalue weighted by molar-refractivity contribution is 7.84. The van der Waals surface area contributed by atoms with Gasteiger partial charge in [-0.3, -0.25) is 0 Å². The number of aromatic nitrogens is 2. The lowest BCUT2D eigenvalue weighted by Crippen LogP contribution is -2.35. The molecule has 6 heteroatoms. The van der Waals surface area contributed by atoms with Crippen LogP contribution < -0.4 is 4.57 Å². The fourth-order valence-corrected chi connectivity index (χ4v) is 1.16. The number of nitrogens with zero attached hydrogens (tertiary/aromatic N) is 2. The Hall–Kier alpha value is -0.880. The summed E-state index contributed by atoms with van der Waals surface area (Å²) in [5.41, 5.74) is 0. The van der Waals surface area contributed by atoms with Crippen molar-refractivity contribution in [3.05, 3.63) is 18.2 Å². The lowest BCUT2D eigenvalue weighted by molar-refractivity contribution is -0.702. The summed E-state index contributed by atoms with van der Waals surface area (Å²) in [6, 6.07) is 0. The lowest BCUT2D eigenvalue weighted by atomic mass is 10.3. The predicted octanol–water partition coefficient (Wildman–Crippen LogP) is 0.583. The summed E-state index contributed by atoms with van der Waals surface area (Å²) in [6.07, 6.45) is 7.39. The minimum atomic E-state index is -3.92. The minimum absolute atomic E-state index is 0.604. The third kappa shape index (κ3) is 7.42. The lowest BCUT2D eigenvalue weighted by Gasteiger charge is -1.95. The van der Waals surface area contributed by atoms with Crippen molar-refractivity contribution in [2.24, 2.45) is 7.05 Å². The van der Waals surface area contributed by atoms with Crippen molar-refractivity contribution in [2.45, 2.75) is 33.2 Å². The highest BCUT2D eigenvalue weighted by Crippen LogP contribution is 1.91. The van der Waals surface area contributed by atoms with Crippen LogP contribution in [0.15, 0.2) is 12.4 Å². The molecule has 0 fully saturated rings. The van der Waals surface area contributed by atoms with E-state index in [1.165, 1.54) is 18.7 Å². The molecule has 0 spiro atoms. The zero-order chi connectivity index (χ0) is 12.8. The van der Waals surface area contributed by atoms with Crippen molar-refractivity contribution < 1.29 is 17.5 Å². The Balaban J connectivity index is 0.000000385. The molecule has 0 saturated carbocycles. The first-order valence-corrected chi connectivity index (χ1v) is 6.99. The summed E-state index contributed by atoms with van der Waals surface area (Å²) in [7, 11) is -1.84. The molecule has 0 radical (unpaired) electrons. The Kier molecular flexibility index (Phi) is 6.28. The molecular formula is C10H20N2O3S. The van der Waals surface area contributed by atoms with Crippen LogP contribution in [0.3, 0.4) is 0 Å². The van der Waals surface area contributed by atoms with Crippen LogP contribution >= 0.6 is 0 Å². The Morgan fingerprint density at radius 3 is 2.31 bits per heavy atom. The van der Waals surface area contributed by atoms with Gasteiger partial charge in [0.2, 0.25) is 0 Å². The highest BCUT2D eigenvalue weighted by Gasteiger charge is 2.06. The zero-order valence-electron chi connectivity index (χ0n) is 10.3. The Morgan fingerprint density at radius 2 is 2.00 bits per heavy atom. The Morgan fingerprint density at radius 1 is 1.50 bits per heavy atom. The maximum atomic E-state index is 9.08. The first-order valence-electron chi connectivity index (χ1n) is 5.18. The molecule has 1 aromatic rings. The molecule has 0 N–H and O–H groups in total. The topological polar surface area (TPSA) is 66.0 Å². The van der Waals surface area contributed by atoms with Gasteiger partial charge in [0.1, 0.15) is 12.4 Å². The first-order chi connectivity index (χ1) is 7.25. The van der Waals surface area contributed by atoms with E-state index in [0.717, 1.165) is 6.54 Å². The van der Waals surface area contributed by atoms with E-state index < -0.39 is 10.1 Å². The van der Waals surface area contributed by atoms with Gasteiger partial charge in [0.15, 0.2) is 0 Å². The molecule has 0 aliphatic rings. The van der Waals surface area contributed by atoms with E-state index in [0.29, 0.717) is 6.26 Å². The minimum Gasteiger partial charge on any atom is -0.748 e. The van der Waals surface area contributed by atoms with Crippen molar-refractivity contribution in [3.8, 4) is 0 Å². The summed E-state index contributed by atoms with van der Waals surface area (Å²) in [5.74, 6) is 1.33. The second-order valence-corrected chi connectivity index (χ2v) is 5.12. The number of aryl methyl sites for hydroxylation is 2. The SMILES string of the molecule is CCCC[n+]1ccn(C)c1C.CS(=O)(=O)[O-]. The smallest absolute Gasteiger partial charge is 0.253 e. The predicted molar refractivity (Wildman–Crippen MR) is 60.9 cm³/mol. The maximum Gasteiger partial charge on any atom is 0.253 e. The summed E-state index contributed by atoms with van der Waals surface area (Å²) >= 11 is 0. The van der Waals surface area contributed by atoms with Gasteiger partial charge in [0.05, 0.1) is 23.7 Å². The van der Waals surface area contributed by atoms with Crippen LogP contribution in [0.25, 0.3) is 0 Å². The molecule has 0 aliphatic heterocycles. The molecule has 16 heavy (non-hydrogen) atoms. The largest absolute Gasteiger partial charge is 0.748 e. The van der Waals surface area contributed by atoms with Gasteiger partial charge in [-0.1, -0.05) is 13.3 Å². The van der Waals surface area contributed by atoms with Crippen molar-refractivity contribution in [1.82, 2.24) is 4.57 Å². The number of hydrogen-bond donors (Lipinski definition) is 0. The molecule has 0 aliphatic carbocycles. The molecule has 94 valence electrons. The third-order valence-electron chi connectivity index (χ3n) is 2.15. The standard InChI is InChI=1S/C9H17N2.CH4O3S/c1-4-5-6-11-8-7-10(3)9(11)2;1-5(2,3)4/h7-8H,4-6H2,1-3H3;1H3,(H,2,3,4)/q+1;/p-1. The second kappa shape index (κ2) is 6.65.